The molecule has 3 rings (SSSR count). The maximum atomic E-state index is 13.1. The highest BCUT2D eigenvalue weighted by atomic mass is 32.1. The number of thiocarbonyl (C=S) groups is 1. The number of rotatable bonds is 5. The van der Waals surface area contributed by atoms with E-state index in [4.69, 9.17) is 18.0 Å². The minimum absolute atomic E-state index is 0.209. The summed E-state index contributed by atoms with van der Waals surface area (Å²) in [4.78, 5) is 0. The van der Waals surface area contributed by atoms with Crippen molar-refractivity contribution in [2.45, 2.75) is 12.1 Å². The molecule has 0 aliphatic rings. The summed E-state index contributed by atoms with van der Waals surface area (Å²) in [5.74, 6) is -0.289. The highest BCUT2D eigenvalue weighted by Crippen LogP contribution is 2.27. The Morgan fingerprint density at radius 3 is 1.92 bits per heavy atom. The molecule has 0 saturated carbocycles. The number of hydrogen-bond acceptors (Lipinski definition) is 2. The smallest absolute Gasteiger partial charge is 0.171 e. The molecule has 0 amide bonds. The third kappa shape index (κ3) is 4.65. The average Bonchev–Trinajstić information content (AvgIpc) is 2.69. The first-order valence-electron chi connectivity index (χ1n) is 8.32. The SMILES string of the molecule is NC(c1ccccc1)C(NC(=S)Nc1ccc(F)cc1)c1ccccc1. The van der Waals surface area contributed by atoms with Gasteiger partial charge in [0.25, 0.3) is 0 Å². The van der Waals surface area contributed by atoms with Gasteiger partial charge in [0, 0.05) is 5.69 Å². The molecular formula is C21H20FN3S. The van der Waals surface area contributed by atoms with Crippen molar-refractivity contribution in [3.05, 3.63) is 102 Å². The van der Waals surface area contributed by atoms with Gasteiger partial charge in [0.2, 0.25) is 0 Å². The van der Waals surface area contributed by atoms with Crippen LogP contribution < -0.4 is 16.4 Å². The lowest BCUT2D eigenvalue weighted by Crippen LogP contribution is -2.38. The number of anilines is 1. The quantitative estimate of drug-likeness (QED) is 0.581. The van der Waals surface area contributed by atoms with Crippen LogP contribution in [0.3, 0.4) is 0 Å². The van der Waals surface area contributed by atoms with Crippen LogP contribution in [-0.4, -0.2) is 5.11 Å². The van der Waals surface area contributed by atoms with Gasteiger partial charge in [0.05, 0.1) is 12.1 Å². The van der Waals surface area contributed by atoms with Crippen LogP contribution in [-0.2, 0) is 0 Å². The first-order valence-corrected chi connectivity index (χ1v) is 8.73. The van der Waals surface area contributed by atoms with E-state index in [2.05, 4.69) is 10.6 Å². The molecular weight excluding hydrogens is 345 g/mol. The summed E-state index contributed by atoms with van der Waals surface area (Å²) in [6.07, 6.45) is 0. The highest BCUT2D eigenvalue weighted by molar-refractivity contribution is 7.80. The molecule has 0 spiro atoms. The third-order valence-corrected chi connectivity index (χ3v) is 4.31. The Morgan fingerprint density at radius 1 is 0.808 bits per heavy atom. The van der Waals surface area contributed by atoms with Crippen LogP contribution in [0.4, 0.5) is 10.1 Å². The summed E-state index contributed by atoms with van der Waals surface area (Å²) in [6, 6.07) is 25.4. The molecule has 5 heteroatoms. The minimum Gasteiger partial charge on any atom is -0.354 e. The predicted octanol–water partition coefficient (Wildman–Crippen LogP) is 4.55. The zero-order valence-electron chi connectivity index (χ0n) is 14.1. The topological polar surface area (TPSA) is 50.1 Å². The molecule has 0 bridgehead atoms. The van der Waals surface area contributed by atoms with Crippen LogP contribution in [0.15, 0.2) is 84.9 Å². The van der Waals surface area contributed by atoms with Crippen LogP contribution >= 0.6 is 12.2 Å². The monoisotopic (exact) mass is 365 g/mol. The van der Waals surface area contributed by atoms with E-state index >= 15 is 0 Å². The van der Waals surface area contributed by atoms with Crippen LogP contribution in [0.5, 0.6) is 0 Å². The van der Waals surface area contributed by atoms with Crippen molar-refractivity contribution >= 4 is 23.0 Å². The van der Waals surface area contributed by atoms with Crippen molar-refractivity contribution in [1.29, 1.82) is 0 Å². The van der Waals surface area contributed by atoms with Crippen LogP contribution in [0, 0.1) is 5.82 Å². The Bertz CT molecular complexity index is 838. The lowest BCUT2D eigenvalue weighted by molar-refractivity contribution is 0.527. The normalized spacial score (nSPS) is 12.8. The standard InChI is InChI=1S/C21H20FN3S/c22-17-11-13-18(14-12-17)24-21(26)25-20(16-9-5-2-6-10-16)19(23)15-7-3-1-4-8-15/h1-14,19-20H,23H2,(H2,24,25,26). The van der Waals surface area contributed by atoms with Crippen LogP contribution in [0.25, 0.3) is 0 Å². The lowest BCUT2D eigenvalue weighted by atomic mass is 9.94. The summed E-state index contributed by atoms with van der Waals surface area (Å²) < 4.78 is 13.1. The molecule has 2 unspecified atom stereocenters. The van der Waals surface area contributed by atoms with Crippen molar-refractivity contribution in [3.8, 4) is 0 Å². The van der Waals surface area contributed by atoms with Crippen molar-refractivity contribution in [2.75, 3.05) is 5.32 Å². The van der Waals surface area contributed by atoms with E-state index < -0.39 is 0 Å². The van der Waals surface area contributed by atoms with Gasteiger partial charge in [0.1, 0.15) is 5.82 Å². The Morgan fingerprint density at radius 2 is 1.35 bits per heavy atom. The molecule has 0 radical (unpaired) electrons. The van der Waals surface area contributed by atoms with E-state index in [-0.39, 0.29) is 17.9 Å². The van der Waals surface area contributed by atoms with Gasteiger partial charge in [-0.15, -0.1) is 0 Å². The molecule has 132 valence electrons. The Hall–Kier alpha value is -2.76. The van der Waals surface area contributed by atoms with Gasteiger partial charge in [-0.2, -0.15) is 0 Å². The summed E-state index contributed by atoms with van der Waals surface area (Å²) in [5, 5.41) is 6.80. The van der Waals surface area contributed by atoms with Gasteiger partial charge in [0.15, 0.2) is 5.11 Å². The van der Waals surface area contributed by atoms with Crippen molar-refractivity contribution in [2.24, 2.45) is 5.73 Å². The van der Waals surface area contributed by atoms with Crippen molar-refractivity contribution < 1.29 is 4.39 Å². The number of nitrogens with one attached hydrogen (secondary N) is 2. The maximum Gasteiger partial charge on any atom is 0.171 e. The van der Waals surface area contributed by atoms with Gasteiger partial charge in [-0.25, -0.2) is 4.39 Å². The number of halogens is 1. The van der Waals surface area contributed by atoms with Crippen molar-refractivity contribution in [3.63, 3.8) is 0 Å². The Labute approximate surface area is 158 Å². The molecule has 0 aliphatic heterocycles. The van der Waals surface area contributed by atoms with Gasteiger partial charge < -0.3 is 16.4 Å². The molecule has 0 heterocycles. The largest absolute Gasteiger partial charge is 0.354 e. The zero-order valence-corrected chi connectivity index (χ0v) is 14.9. The van der Waals surface area contributed by atoms with E-state index in [0.29, 0.717) is 10.8 Å². The fraction of sp³-hybridized carbons (Fsp3) is 0.0952. The summed E-state index contributed by atoms with van der Waals surface area (Å²) in [7, 11) is 0. The Kier molecular flexibility index (Phi) is 5.94. The first kappa shape index (κ1) is 18.0. The maximum absolute atomic E-state index is 13.1. The molecule has 0 aliphatic carbocycles. The van der Waals surface area contributed by atoms with Crippen LogP contribution in [0.2, 0.25) is 0 Å². The minimum atomic E-state index is -0.289. The molecule has 3 aromatic carbocycles. The zero-order chi connectivity index (χ0) is 18.4. The summed E-state index contributed by atoms with van der Waals surface area (Å²) in [6.45, 7) is 0. The lowest BCUT2D eigenvalue weighted by Gasteiger charge is -2.27. The second-order valence-corrected chi connectivity index (χ2v) is 6.34. The summed E-state index contributed by atoms with van der Waals surface area (Å²) in [5.41, 5.74) is 9.29. The highest BCUT2D eigenvalue weighted by Gasteiger charge is 2.22. The molecule has 4 N–H and O–H groups in total. The molecule has 3 nitrogen and oxygen atoms in total. The molecule has 3 aromatic rings. The fourth-order valence-electron chi connectivity index (χ4n) is 2.75. The van der Waals surface area contributed by atoms with Crippen LogP contribution in [0.1, 0.15) is 23.2 Å². The second kappa shape index (κ2) is 8.56. The predicted molar refractivity (Wildman–Crippen MR) is 108 cm³/mol. The first-order chi connectivity index (χ1) is 12.6. The molecule has 26 heavy (non-hydrogen) atoms. The molecule has 2 atom stereocenters. The molecule has 0 saturated heterocycles. The van der Waals surface area contributed by atoms with Gasteiger partial charge in [-0.1, -0.05) is 60.7 Å². The van der Waals surface area contributed by atoms with E-state index in [1.165, 1.54) is 12.1 Å². The van der Waals surface area contributed by atoms with E-state index in [1.807, 2.05) is 60.7 Å². The average molecular weight is 365 g/mol. The van der Waals surface area contributed by atoms with E-state index in [1.54, 1.807) is 12.1 Å². The molecule has 0 aromatic heterocycles. The fourth-order valence-corrected chi connectivity index (χ4v) is 2.99. The summed E-state index contributed by atoms with van der Waals surface area (Å²) >= 11 is 5.44. The van der Waals surface area contributed by atoms with Crippen molar-refractivity contribution in [1.82, 2.24) is 5.32 Å². The molecule has 0 fully saturated rings. The third-order valence-electron chi connectivity index (χ3n) is 4.09. The number of hydrogen-bond donors (Lipinski definition) is 3. The van der Waals surface area contributed by atoms with Gasteiger partial charge in [-0.3, -0.25) is 0 Å². The number of benzene rings is 3. The van der Waals surface area contributed by atoms with Gasteiger partial charge >= 0.3 is 0 Å². The van der Waals surface area contributed by atoms with E-state index in [9.17, 15) is 4.39 Å². The second-order valence-electron chi connectivity index (χ2n) is 5.93. The van der Waals surface area contributed by atoms with Gasteiger partial charge in [-0.05, 0) is 47.6 Å². The number of nitrogens with two attached hydrogens (primary N) is 1. The van der Waals surface area contributed by atoms with E-state index in [0.717, 1.165) is 11.1 Å². The Balaban J connectivity index is 1.79.